The van der Waals surface area contributed by atoms with Crippen molar-refractivity contribution in [2.24, 2.45) is 5.41 Å². The second kappa shape index (κ2) is 4.81. The Hall–Kier alpha value is -1.46. The van der Waals surface area contributed by atoms with Crippen LogP contribution < -0.4 is 0 Å². The van der Waals surface area contributed by atoms with Gasteiger partial charge in [0.2, 0.25) is 0 Å². The number of aromatic nitrogens is 1. The molecular weight excluding hydrogens is 220 g/mol. The molecule has 1 aromatic rings. The predicted octanol–water partition coefficient (Wildman–Crippen LogP) is 0.615. The summed E-state index contributed by atoms with van der Waals surface area (Å²) in [6.45, 7) is 1.81. The summed E-state index contributed by atoms with van der Waals surface area (Å²) in [7, 11) is 1.91. The molecule has 2 rings (SSSR count). The number of hydrogen-bond donors (Lipinski definition) is 1. The van der Waals surface area contributed by atoms with Gasteiger partial charge in [-0.05, 0) is 18.7 Å². The van der Waals surface area contributed by atoms with Crippen LogP contribution in [0.25, 0.3) is 0 Å². The average Bonchev–Trinajstić information content (AvgIpc) is 2.24. The van der Waals surface area contributed by atoms with Crippen LogP contribution in [0.4, 0.5) is 0 Å². The van der Waals surface area contributed by atoms with Crippen molar-refractivity contribution in [1.82, 2.24) is 9.88 Å². The molecular formula is C12H16N2O3. The molecule has 5 nitrogen and oxygen atoms in total. The fourth-order valence-electron chi connectivity index (χ4n) is 2.01. The van der Waals surface area contributed by atoms with Gasteiger partial charge in [-0.15, -0.1) is 0 Å². The number of rotatable bonds is 5. The normalized spacial score (nSPS) is 17.8. The van der Waals surface area contributed by atoms with Crippen LogP contribution in [0.5, 0.6) is 0 Å². The Labute approximate surface area is 100 Å². The Morgan fingerprint density at radius 3 is 2.88 bits per heavy atom. The summed E-state index contributed by atoms with van der Waals surface area (Å²) >= 11 is 0. The number of carboxylic acids is 1. The van der Waals surface area contributed by atoms with Crippen LogP contribution in [0.1, 0.15) is 5.56 Å². The summed E-state index contributed by atoms with van der Waals surface area (Å²) in [5.41, 5.74) is 0.354. The SMILES string of the molecule is CN(Cc1cccnc1)CC1(C(=O)O)COC1. The van der Waals surface area contributed by atoms with Gasteiger partial charge in [-0.1, -0.05) is 6.07 Å². The first kappa shape index (κ1) is 12.0. The zero-order chi connectivity index (χ0) is 12.3. The van der Waals surface area contributed by atoms with E-state index in [9.17, 15) is 9.90 Å². The van der Waals surface area contributed by atoms with E-state index in [1.807, 2.05) is 24.1 Å². The lowest BCUT2D eigenvalue weighted by Gasteiger charge is -2.39. The molecule has 0 bridgehead atoms. The van der Waals surface area contributed by atoms with Gasteiger partial charge in [0.1, 0.15) is 5.41 Å². The molecule has 5 heteroatoms. The average molecular weight is 236 g/mol. The molecule has 0 spiro atoms. The highest BCUT2D eigenvalue weighted by Gasteiger charge is 2.46. The lowest BCUT2D eigenvalue weighted by molar-refractivity contribution is -0.183. The van der Waals surface area contributed by atoms with Gasteiger partial charge in [0, 0.05) is 25.5 Å². The minimum absolute atomic E-state index is 0.305. The molecule has 2 heterocycles. The second-order valence-corrected chi connectivity index (χ2v) is 4.61. The Bertz CT molecular complexity index is 390. The van der Waals surface area contributed by atoms with Crippen molar-refractivity contribution in [3.63, 3.8) is 0 Å². The number of carbonyl (C=O) groups is 1. The first-order valence-electron chi connectivity index (χ1n) is 5.51. The lowest BCUT2D eigenvalue weighted by Crippen LogP contribution is -2.55. The molecule has 1 aliphatic heterocycles. The topological polar surface area (TPSA) is 62.7 Å². The van der Waals surface area contributed by atoms with E-state index in [-0.39, 0.29) is 0 Å². The van der Waals surface area contributed by atoms with Crippen molar-refractivity contribution in [2.45, 2.75) is 6.54 Å². The fourth-order valence-corrected chi connectivity index (χ4v) is 2.01. The first-order valence-corrected chi connectivity index (χ1v) is 5.51. The molecule has 0 amide bonds. The summed E-state index contributed by atoms with van der Waals surface area (Å²) in [6.07, 6.45) is 3.52. The van der Waals surface area contributed by atoms with Crippen LogP contribution in [0, 0.1) is 5.41 Å². The van der Waals surface area contributed by atoms with Crippen molar-refractivity contribution in [3.05, 3.63) is 30.1 Å². The number of hydrogen-bond acceptors (Lipinski definition) is 4. The number of aliphatic carboxylic acids is 1. The van der Waals surface area contributed by atoms with Crippen LogP contribution in [0.2, 0.25) is 0 Å². The van der Waals surface area contributed by atoms with E-state index >= 15 is 0 Å². The van der Waals surface area contributed by atoms with E-state index in [1.165, 1.54) is 0 Å². The van der Waals surface area contributed by atoms with Crippen molar-refractivity contribution < 1.29 is 14.6 Å². The van der Waals surface area contributed by atoms with Gasteiger partial charge in [0.25, 0.3) is 0 Å². The third kappa shape index (κ3) is 2.62. The molecule has 0 unspecified atom stereocenters. The van der Waals surface area contributed by atoms with E-state index in [4.69, 9.17) is 4.74 Å². The largest absolute Gasteiger partial charge is 0.481 e. The van der Waals surface area contributed by atoms with E-state index in [1.54, 1.807) is 12.4 Å². The molecule has 0 atom stereocenters. The van der Waals surface area contributed by atoms with E-state index in [0.29, 0.717) is 26.3 Å². The van der Waals surface area contributed by atoms with Crippen LogP contribution in [-0.4, -0.2) is 47.8 Å². The summed E-state index contributed by atoms with van der Waals surface area (Å²) in [5, 5.41) is 9.18. The summed E-state index contributed by atoms with van der Waals surface area (Å²) in [6, 6.07) is 3.86. The van der Waals surface area contributed by atoms with E-state index in [2.05, 4.69) is 4.98 Å². The van der Waals surface area contributed by atoms with Crippen LogP contribution in [-0.2, 0) is 16.1 Å². The highest BCUT2D eigenvalue weighted by Crippen LogP contribution is 2.28. The summed E-state index contributed by atoms with van der Waals surface area (Å²) in [5.74, 6) is -0.776. The van der Waals surface area contributed by atoms with Crippen molar-refractivity contribution in [3.8, 4) is 0 Å². The maximum Gasteiger partial charge on any atom is 0.315 e. The standard InChI is InChI=1S/C12H16N2O3/c1-14(6-10-3-2-4-13-5-10)7-12(11(15)16)8-17-9-12/h2-5H,6-9H2,1H3,(H,15,16). The molecule has 92 valence electrons. The Morgan fingerprint density at radius 1 is 1.65 bits per heavy atom. The molecule has 1 saturated heterocycles. The van der Waals surface area contributed by atoms with E-state index in [0.717, 1.165) is 5.56 Å². The molecule has 1 N–H and O–H groups in total. The van der Waals surface area contributed by atoms with Gasteiger partial charge in [-0.25, -0.2) is 0 Å². The monoisotopic (exact) mass is 236 g/mol. The fraction of sp³-hybridized carbons (Fsp3) is 0.500. The zero-order valence-corrected chi connectivity index (χ0v) is 9.80. The van der Waals surface area contributed by atoms with Crippen LogP contribution >= 0.6 is 0 Å². The summed E-state index contributed by atoms with van der Waals surface area (Å²) in [4.78, 5) is 17.2. The van der Waals surface area contributed by atoms with Gasteiger partial charge >= 0.3 is 5.97 Å². The van der Waals surface area contributed by atoms with E-state index < -0.39 is 11.4 Å². The first-order chi connectivity index (χ1) is 8.12. The number of carboxylic acid groups (broad SMARTS) is 1. The van der Waals surface area contributed by atoms with Gasteiger partial charge in [0.05, 0.1) is 13.2 Å². The summed E-state index contributed by atoms with van der Waals surface area (Å²) < 4.78 is 5.03. The molecule has 1 aliphatic rings. The Kier molecular flexibility index (Phi) is 3.40. The molecule has 17 heavy (non-hydrogen) atoms. The van der Waals surface area contributed by atoms with Crippen molar-refractivity contribution in [1.29, 1.82) is 0 Å². The van der Waals surface area contributed by atoms with Gasteiger partial charge in [-0.2, -0.15) is 0 Å². The number of ether oxygens (including phenoxy) is 1. The molecule has 0 radical (unpaired) electrons. The molecule has 0 aromatic carbocycles. The molecule has 0 aliphatic carbocycles. The Balaban J connectivity index is 1.93. The maximum absolute atomic E-state index is 11.2. The molecule has 1 fully saturated rings. The third-order valence-corrected chi connectivity index (χ3v) is 2.96. The van der Waals surface area contributed by atoms with Crippen LogP contribution in [0.15, 0.2) is 24.5 Å². The third-order valence-electron chi connectivity index (χ3n) is 2.96. The zero-order valence-electron chi connectivity index (χ0n) is 9.80. The molecule has 1 aromatic heterocycles. The predicted molar refractivity (Wildman–Crippen MR) is 61.5 cm³/mol. The van der Waals surface area contributed by atoms with Crippen molar-refractivity contribution in [2.75, 3.05) is 26.8 Å². The smallest absolute Gasteiger partial charge is 0.315 e. The molecule has 0 saturated carbocycles. The second-order valence-electron chi connectivity index (χ2n) is 4.61. The lowest BCUT2D eigenvalue weighted by atomic mass is 9.85. The highest BCUT2D eigenvalue weighted by atomic mass is 16.5. The Morgan fingerprint density at radius 2 is 2.41 bits per heavy atom. The minimum Gasteiger partial charge on any atom is -0.481 e. The van der Waals surface area contributed by atoms with Gasteiger partial charge < -0.3 is 14.7 Å². The minimum atomic E-state index is -0.776. The van der Waals surface area contributed by atoms with Gasteiger partial charge in [0.15, 0.2) is 0 Å². The number of nitrogens with zero attached hydrogens (tertiary/aromatic N) is 2. The quantitative estimate of drug-likeness (QED) is 0.811. The number of pyridine rings is 1. The maximum atomic E-state index is 11.2. The van der Waals surface area contributed by atoms with Crippen molar-refractivity contribution >= 4 is 5.97 Å². The van der Waals surface area contributed by atoms with Crippen LogP contribution in [0.3, 0.4) is 0 Å². The van der Waals surface area contributed by atoms with Gasteiger partial charge in [-0.3, -0.25) is 9.78 Å². The highest BCUT2D eigenvalue weighted by molar-refractivity contribution is 5.76.